The smallest absolute Gasteiger partial charge is 0.407 e. The molecule has 0 aromatic heterocycles. The lowest BCUT2D eigenvalue weighted by molar-refractivity contribution is 0.0696. The molecule has 1 atom stereocenters. The number of ether oxygens (including phenoxy) is 2. The van der Waals surface area contributed by atoms with Crippen molar-refractivity contribution in [3.05, 3.63) is 88.4 Å². The Morgan fingerprint density at radius 3 is 2.28 bits per heavy atom. The number of alkyl carbamates (subject to hydrolysis) is 1. The number of halogens is 1. The summed E-state index contributed by atoms with van der Waals surface area (Å²) in [6, 6.07) is 20.1. The zero-order valence-corrected chi connectivity index (χ0v) is 18.1. The number of carboxylic acids is 1. The first-order chi connectivity index (χ1) is 15.4. The number of amides is 1. The SMILES string of the molecule is CC(COc1cc(C(=O)O)ccc1Cl)NC(=O)OCC1c2ccccc2-c2ccccc21. The lowest BCUT2D eigenvalue weighted by Gasteiger charge is -2.18. The quantitative estimate of drug-likeness (QED) is 0.506. The van der Waals surface area contributed by atoms with Crippen LogP contribution in [0.5, 0.6) is 5.75 Å². The minimum Gasteiger partial charge on any atom is -0.490 e. The van der Waals surface area contributed by atoms with Crippen LogP contribution in [0.2, 0.25) is 5.02 Å². The van der Waals surface area contributed by atoms with Crippen molar-refractivity contribution in [2.75, 3.05) is 13.2 Å². The molecule has 0 heterocycles. The number of hydrogen-bond donors (Lipinski definition) is 2. The maximum absolute atomic E-state index is 12.4. The van der Waals surface area contributed by atoms with Crippen LogP contribution in [0.25, 0.3) is 11.1 Å². The van der Waals surface area contributed by atoms with Crippen molar-refractivity contribution in [3.63, 3.8) is 0 Å². The third-order valence-corrected chi connectivity index (χ3v) is 5.69. The van der Waals surface area contributed by atoms with Crippen LogP contribution in [0, 0.1) is 0 Å². The molecule has 0 radical (unpaired) electrons. The van der Waals surface area contributed by atoms with Gasteiger partial charge in [0.15, 0.2) is 0 Å². The average molecular weight is 452 g/mol. The highest BCUT2D eigenvalue weighted by Gasteiger charge is 2.29. The molecule has 0 bridgehead atoms. The molecule has 0 spiro atoms. The summed E-state index contributed by atoms with van der Waals surface area (Å²) in [7, 11) is 0. The molecule has 1 amide bonds. The number of rotatable bonds is 7. The Morgan fingerprint density at radius 2 is 1.66 bits per heavy atom. The Morgan fingerprint density at radius 1 is 1.03 bits per heavy atom. The van der Waals surface area contributed by atoms with Gasteiger partial charge in [-0.25, -0.2) is 9.59 Å². The Hall–Kier alpha value is -3.51. The van der Waals surface area contributed by atoms with E-state index in [2.05, 4.69) is 29.6 Å². The molecule has 32 heavy (non-hydrogen) atoms. The predicted molar refractivity (Wildman–Crippen MR) is 122 cm³/mol. The van der Waals surface area contributed by atoms with Crippen molar-refractivity contribution in [3.8, 4) is 16.9 Å². The van der Waals surface area contributed by atoms with E-state index in [-0.39, 0.29) is 36.5 Å². The second-order valence-electron chi connectivity index (χ2n) is 7.63. The molecule has 0 fully saturated rings. The van der Waals surface area contributed by atoms with Gasteiger partial charge < -0.3 is 19.9 Å². The van der Waals surface area contributed by atoms with E-state index in [1.165, 1.54) is 29.3 Å². The van der Waals surface area contributed by atoms with Gasteiger partial charge in [-0.3, -0.25) is 0 Å². The summed E-state index contributed by atoms with van der Waals surface area (Å²) in [5.74, 6) is -0.846. The monoisotopic (exact) mass is 451 g/mol. The van der Waals surface area contributed by atoms with Crippen molar-refractivity contribution in [2.24, 2.45) is 0 Å². The number of nitrogens with one attached hydrogen (secondary N) is 1. The fourth-order valence-electron chi connectivity index (χ4n) is 3.84. The summed E-state index contributed by atoms with van der Waals surface area (Å²) in [4.78, 5) is 23.5. The summed E-state index contributed by atoms with van der Waals surface area (Å²) in [5.41, 5.74) is 4.69. The van der Waals surface area contributed by atoms with Gasteiger partial charge in [0.05, 0.1) is 16.6 Å². The fraction of sp³-hybridized carbons (Fsp3) is 0.200. The highest BCUT2D eigenvalue weighted by Crippen LogP contribution is 2.44. The van der Waals surface area contributed by atoms with Gasteiger partial charge in [0, 0.05) is 5.92 Å². The van der Waals surface area contributed by atoms with Crippen molar-refractivity contribution in [1.82, 2.24) is 5.32 Å². The zero-order valence-electron chi connectivity index (χ0n) is 17.4. The van der Waals surface area contributed by atoms with Gasteiger partial charge in [0.25, 0.3) is 0 Å². The summed E-state index contributed by atoms with van der Waals surface area (Å²) < 4.78 is 11.1. The highest BCUT2D eigenvalue weighted by molar-refractivity contribution is 6.32. The van der Waals surface area contributed by atoms with E-state index in [1.807, 2.05) is 24.3 Å². The van der Waals surface area contributed by atoms with Crippen molar-refractivity contribution >= 4 is 23.7 Å². The van der Waals surface area contributed by atoms with Crippen LogP contribution in [-0.4, -0.2) is 36.4 Å². The third kappa shape index (κ3) is 4.55. The lowest BCUT2D eigenvalue weighted by atomic mass is 9.98. The topological polar surface area (TPSA) is 84.9 Å². The average Bonchev–Trinajstić information content (AvgIpc) is 3.11. The Bertz CT molecular complexity index is 1120. The molecule has 7 heteroatoms. The Balaban J connectivity index is 1.33. The van der Waals surface area contributed by atoms with Gasteiger partial charge in [0.1, 0.15) is 19.0 Å². The molecule has 1 unspecified atom stereocenters. The molecule has 164 valence electrons. The zero-order chi connectivity index (χ0) is 22.7. The van der Waals surface area contributed by atoms with E-state index in [0.717, 1.165) is 11.1 Å². The molecule has 6 nitrogen and oxygen atoms in total. The molecule has 1 aliphatic rings. The number of carboxylic acid groups (broad SMARTS) is 1. The molecule has 3 aromatic rings. The maximum Gasteiger partial charge on any atom is 0.407 e. The molecule has 0 saturated heterocycles. The fourth-order valence-corrected chi connectivity index (χ4v) is 4.02. The van der Waals surface area contributed by atoms with Gasteiger partial charge in [-0.05, 0) is 47.4 Å². The molecule has 0 aliphatic heterocycles. The first kappa shape index (κ1) is 21.7. The summed E-state index contributed by atoms with van der Waals surface area (Å²) in [5, 5.41) is 12.1. The van der Waals surface area contributed by atoms with Crippen LogP contribution < -0.4 is 10.1 Å². The number of carbonyl (C=O) groups is 2. The predicted octanol–water partition coefficient (Wildman–Crippen LogP) is 5.34. The van der Waals surface area contributed by atoms with Crippen LogP contribution >= 0.6 is 11.6 Å². The van der Waals surface area contributed by atoms with Crippen molar-refractivity contribution < 1.29 is 24.2 Å². The number of benzene rings is 3. The van der Waals surface area contributed by atoms with Crippen molar-refractivity contribution in [1.29, 1.82) is 0 Å². The van der Waals surface area contributed by atoms with Crippen LogP contribution in [0.1, 0.15) is 34.3 Å². The summed E-state index contributed by atoms with van der Waals surface area (Å²) in [6.45, 7) is 2.09. The number of aromatic carboxylic acids is 1. The van der Waals surface area contributed by atoms with E-state index in [4.69, 9.17) is 26.2 Å². The van der Waals surface area contributed by atoms with Gasteiger partial charge in [-0.15, -0.1) is 0 Å². The molecule has 4 rings (SSSR count). The van der Waals surface area contributed by atoms with E-state index in [1.54, 1.807) is 6.92 Å². The molecule has 1 aliphatic carbocycles. The maximum atomic E-state index is 12.4. The van der Waals surface area contributed by atoms with E-state index >= 15 is 0 Å². The Kier molecular flexibility index (Phi) is 6.32. The van der Waals surface area contributed by atoms with Gasteiger partial charge in [-0.2, -0.15) is 0 Å². The van der Waals surface area contributed by atoms with E-state index in [9.17, 15) is 9.59 Å². The van der Waals surface area contributed by atoms with Crippen molar-refractivity contribution in [2.45, 2.75) is 18.9 Å². The van der Waals surface area contributed by atoms with E-state index in [0.29, 0.717) is 5.02 Å². The molecule has 3 aromatic carbocycles. The van der Waals surface area contributed by atoms with Crippen LogP contribution in [0.15, 0.2) is 66.7 Å². The minimum absolute atomic E-state index is 0.0164. The molecular weight excluding hydrogens is 430 g/mol. The normalized spacial score (nSPS) is 13.1. The van der Waals surface area contributed by atoms with E-state index < -0.39 is 12.1 Å². The van der Waals surface area contributed by atoms with Gasteiger partial charge in [-0.1, -0.05) is 60.1 Å². The molecule has 0 saturated carbocycles. The van der Waals surface area contributed by atoms with Crippen LogP contribution in [0.4, 0.5) is 4.79 Å². The van der Waals surface area contributed by atoms with Gasteiger partial charge in [0.2, 0.25) is 0 Å². The third-order valence-electron chi connectivity index (χ3n) is 5.37. The second-order valence-corrected chi connectivity index (χ2v) is 8.04. The standard InChI is InChI=1S/C25H22ClNO5/c1-15(13-31-23-12-16(24(28)29)10-11-22(23)26)27-25(30)32-14-21-19-8-4-2-6-17(19)18-7-3-5-9-20(18)21/h2-12,15,21H,13-14H2,1H3,(H,27,30)(H,28,29). The molecular formula is C25H22ClNO5. The second kappa shape index (κ2) is 9.32. The number of carbonyl (C=O) groups excluding carboxylic acids is 1. The summed E-state index contributed by atoms with van der Waals surface area (Å²) in [6.07, 6.45) is -0.548. The minimum atomic E-state index is -1.07. The number of fused-ring (bicyclic) bond motifs is 3. The molecule has 2 N–H and O–H groups in total. The van der Waals surface area contributed by atoms with Crippen LogP contribution in [0.3, 0.4) is 0 Å². The highest BCUT2D eigenvalue weighted by atomic mass is 35.5. The largest absolute Gasteiger partial charge is 0.490 e. The summed E-state index contributed by atoms with van der Waals surface area (Å²) >= 11 is 6.07. The first-order valence-electron chi connectivity index (χ1n) is 10.2. The number of hydrogen-bond acceptors (Lipinski definition) is 4. The van der Waals surface area contributed by atoms with Gasteiger partial charge >= 0.3 is 12.1 Å². The van der Waals surface area contributed by atoms with Crippen LogP contribution in [-0.2, 0) is 4.74 Å². The Labute approximate surface area is 190 Å². The lowest BCUT2D eigenvalue weighted by Crippen LogP contribution is -2.37. The first-order valence-corrected chi connectivity index (χ1v) is 10.6.